The van der Waals surface area contributed by atoms with Gasteiger partial charge in [0.25, 0.3) is 0 Å². The summed E-state index contributed by atoms with van der Waals surface area (Å²) in [5, 5.41) is 12.3. The highest BCUT2D eigenvalue weighted by Gasteiger charge is 2.46. The maximum absolute atomic E-state index is 13.0. The molecule has 0 aromatic carbocycles. The summed E-state index contributed by atoms with van der Waals surface area (Å²) < 4.78 is 0. The van der Waals surface area contributed by atoms with Crippen molar-refractivity contribution in [3.8, 4) is 0 Å². The zero-order valence-corrected chi connectivity index (χ0v) is 12.6. The summed E-state index contributed by atoms with van der Waals surface area (Å²) in [7, 11) is 1.86. The number of carbonyl (C=O) groups excluding carboxylic acids is 1. The first-order chi connectivity index (χ1) is 9.53. The summed E-state index contributed by atoms with van der Waals surface area (Å²) in [6, 6.07) is 0.245. The number of amidine groups is 1. The minimum atomic E-state index is -0.789. The summed E-state index contributed by atoms with van der Waals surface area (Å²) in [5.74, 6) is 0.757. The normalized spacial score (nSPS) is 24.8. The number of nitrogens with zero attached hydrogens (tertiary/aromatic N) is 2. The molecule has 5 nitrogen and oxygen atoms in total. The molecule has 2 aliphatic rings. The second-order valence-electron chi connectivity index (χ2n) is 6.48. The summed E-state index contributed by atoms with van der Waals surface area (Å²) in [5.41, 5.74) is 5.15. The van der Waals surface area contributed by atoms with E-state index >= 15 is 0 Å². The Labute approximate surface area is 121 Å². The fraction of sp³-hybridized carbons (Fsp3) is 0.867. The number of nitrogens with two attached hydrogens (primary N) is 1. The van der Waals surface area contributed by atoms with Gasteiger partial charge in [0, 0.05) is 13.1 Å². The summed E-state index contributed by atoms with van der Waals surface area (Å²) >= 11 is 0. The van der Waals surface area contributed by atoms with Crippen molar-refractivity contribution in [3.05, 3.63) is 0 Å². The summed E-state index contributed by atoms with van der Waals surface area (Å²) in [6.45, 7) is 2.10. The van der Waals surface area contributed by atoms with Gasteiger partial charge in [0.05, 0.1) is 0 Å². The molecule has 2 fully saturated rings. The first kappa shape index (κ1) is 15.1. The molecule has 2 saturated carbocycles. The predicted molar refractivity (Wildman–Crippen MR) is 78.5 cm³/mol. The Morgan fingerprint density at radius 2 is 1.85 bits per heavy atom. The first-order valence-electron chi connectivity index (χ1n) is 7.78. The molecule has 2 rings (SSSR count). The number of amides is 1. The van der Waals surface area contributed by atoms with Gasteiger partial charge in [-0.15, -0.1) is 0 Å². The molecule has 1 unspecified atom stereocenters. The first-order valence-corrected chi connectivity index (χ1v) is 7.78. The van der Waals surface area contributed by atoms with Gasteiger partial charge < -0.3 is 15.8 Å². The van der Waals surface area contributed by atoms with Crippen molar-refractivity contribution in [2.24, 2.45) is 22.2 Å². The molecule has 20 heavy (non-hydrogen) atoms. The Balaban J connectivity index is 2.22. The fourth-order valence-electron chi connectivity index (χ4n) is 3.42. The van der Waals surface area contributed by atoms with E-state index in [1.807, 2.05) is 11.9 Å². The lowest BCUT2D eigenvalue weighted by atomic mass is 9.77. The molecule has 0 spiro atoms. The van der Waals surface area contributed by atoms with E-state index in [9.17, 15) is 4.79 Å². The zero-order chi connectivity index (χ0) is 14.8. The maximum Gasteiger partial charge on any atom is 0.236 e. The molecule has 2 aliphatic carbocycles. The van der Waals surface area contributed by atoms with Crippen molar-refractivity contribution >= 4 is 11.7 Å². The van der Waals surface area contributed by atoms with Crippen molar-refractivity contribution in [2.75, 3.05) is 7.05 Å². The average molecular weight is 281 g/mol. The molecule has 0 heterocycles. The van der Waals surface area contributed by atoms with E-state index in [1.54, 1.807) is 0 Å². The molecule has 114 valence electrons. The molecule has 0 radical (unpaired) electrons. The van der Waals surface area contributed by atoms with Crippen LogP contribution in [-0.4, -0.2) is 34.9 Å². The van der Waals surface area contributed by atoms with E-state index in [0.29, 0.717) is 18.8 Å². The number of hydrogen-bond donors (Lipinski definition) is 2. The van der Waals surface area contributed by atoms with Crippen molar-refractivity contribution in [1.82, 2.24) is 4.90 Å². The van der Waals surface area contributed by atoms with E-state index in [2.05, 4.69) is 12.1 Å². The monoisotopic (exact) mass is 281 g/mol. The van der Waals surface area contributed by atoms with Crippen LogP contribution in [0, 0.1) is 11.3 Å². The Hall–Kier alpha value is -1.26. The Bertz CT molecular complexity index is 383. The Kier molecular flexibility index (Phi) is 4.55. The van der Waals surface area contributed by atoms with Gasteiger partial charge in [-0.3, -0.25) is 4.79 Å². The van der Waals surface area contributed by atoms with Crippen LogP contribution < -0.4 is 5.73 Å². The van der Waals surface area contributed by atoms with Gasteiger partial charge in [-0.2, -0.15) is 0 Å². The van der Waals surface area contributed by atoms with Crippen molar-refractivity contribution < 1.29 is 10.0 Å². The maximum atomic E-state index is 13.0. The molecule has 0 saturated heterocycles. The lowest BCUT2D eigenvalue weighted by Crippen LogP contribution is -2.52. The van der Waals surface area contributed by atoms with Crippen molar-refractivity contribution in [1.29, 1.82) is 0 Å². The van der Waals surface area contributed by atoms with E-state index in [0.717, 1.165) is 25.7 Å². The predicted octanol–water partition coefficient (Wildman–Crippen LogP) is 2.33. The molecular weight excluding hydrogens is 254 g/mol. The number of rotatable bonds is 4. The third kappa shape index (κ3) is 2.76. The molecule has 1 atom stereocenters. The van der Waals surface area contributed by atoms with Crippen LogP contribution in [0.25, 0.3) is 0 Å². The second-order valence-corrected chi connectivity index (χ2v) is 6.48. The molecule has 0 aromatic rings. The highest BCUT2D eigenvalue weighted by Crippen LogP contribution is 2.40. The van der Waals surface area contributed by atoms with Crippen LogP contribution in [0.5, 0.6) is 0 Å². The minimum absolute atomic E-state index is 0.0362. The Morgan fingerprint density at radius 1 is 1.30 bits per heavy atom. The van der Waals surface area contributed by atoms with Gasteiger partial charge in [-0.05, 0) is 38.5 Å². The van der Waals surface area contributed by atoms with Crippen LogP contribution in [0.2, 0.25) is 0 Å². The third-order valence-corrected chi connectivity index (χ3v) is 5.20. The van der Waals surface area contributed by atoms with E-state index in [-0.39, 0.29) is 17.8 Å². The van der Waals surface area contributed by atoms with Crippen molar-refractivity contribution in [2.45, 2.75) is 64.3 Å². The second kappa shape index (κ2) is 6.02. The van der Waals surface area contributed by atoms with Crippen LogP contribution in [0.4, 0.5) is 0 Å². The highest BCUT2D eigenvalue weighted by molar-refractivity contribution is 6.06. The smallest absolute Gasteiger partial charge is 0.236 e. The summed E-state index contributed by atoms with van der Waals surface area (Å²) in [6.07, 6.45) is 7.98. The number of oxime groups is 1. The molecule has 0 bridgehead atoms. The molecule has 5 heteroatoms. The van der Waals surface area contributed by atoms with Gasteiger partial charge in [0.15, 0.2) is 5.84 Å². The van der Waals surface area contributed by atoms with Gasteiger partial charge in [-0.1, -0.05) is 30.8 Å². The molecular formula is C15H27N3O2. The standard InChI is InChI=1S/C15H27N3O2/c1-11(12-7-8-12)18(2)14(19)15(13(16)17-20)9-5-3-4-6-10-15/h11-12,20H,3-10H2,1-2H3,(H2,16,17). The Morgan fingerprint density at radius 3 is 2.30 bits per heavy atom. The van der Waals surface area contributed by atoms with E-state index in [1.165, 1.54) is 12.8 Å². The molecule has 1 amide bonds. The fourth-order valence-corrected chi connectivity index (χ4v) is 3.42. The van der Waals surface area contributed by atoms with Gasteiger partial charge in [0.1, 0.15) is 5.41 Å². The molecule has 0 aromatic heterocycles. The largest absolute Gasteiger partial charge is 0.409 e. The van der Waals surface area contributed by atoms with Gasteiger partial charge in [0.2, 0.25) is 5.91 Å². The molecule has 3 N–H and O–H groups in total. The number of carbonyl (C=O) groups is 1. The zero-order valence-electron chi connectivity index (χ0n) is 12.6. The number of hydrogen-bond acceptors (Lipinski definition) is 3. The van der Waals surface area contributed by atoms with Crippen LogP contribution in [0.15, 0.2) is 5.16 Å². The van der Waals surface area contributed by atoms with Gasteiger partial charge >= 0.3 is 0 Å². The topological polar surface area (TPSA) is 78.9 Å². The summed E-state index contributed by atoms with van der Waals surface area (Å²) in [4.78, 5) is 14.8. The van der Waals surface area contributed by atoms with Crippen molar-refractivity contribution in [3.63, 3.8) is 0 Å². The van der Waals surface area contributed by atoms with E-state index < -0.39 is 5.41 Å². The third-order valence-electron chi connectivity index (χ3n) is 5.20. The quantitative estimate of drug-likeness (QED) is 0.273. The van der Waals surface area contributed by atoms with E-state index in [4.69, 9.17) is 10.9 Å². The minimum Gasteiger partial charge on any atom is -0.409 e. The van der Waals surface area contributed by atoms with Crippen LogP contribution in [0.3, 0.4) is 0 Å². The molecule has 0 aliphatic heterocycles. The SMILES string of the molecule is CC(C1CC1)N(C)C(=O)C1(C(N)=NO)CCCCCC1. The lowest BCUT2D eigenvalue weighted by Gasteiger charge is -2.36. The van der Waals surface area contributed by atoms with Crippen LogP contribution in [0.1, 0.15) is 58.3 Å². The van der Waals surface area contributed by atoms with Crippen LogP contribution in [-0.2, 0) is 4.79 Å². The van der Waals surface area contributed by atoms with Crippen LogP contribution >= 0.6 is 0 Å². The van der Waals surface area contributed by atoms with Gasteiger partial charge in [-0.25, -0.2) is 0 Å². The average Bonchev–Trinajstić information content (AvgIpc) is 3.29. The lowest BCUT2D eigenvalue weighted by molar-refractivity contribution is -0.140. The highest BCUT2D eigenvalue weighted by atomic mass is 16.4.